The fraction of sp³-hybridized carbons (Fsp3) is 0.571. The lowest BCUT2D eigenvalue weighted by molar-refractivity contribution is -0.0503. The number of likely N-dealkylation sites (N-methyl/N-ethyl adjacent to an activating group) is 1. The van der Waals surface area contributed by atoms with E-state index in [4.69, 9.17) is 4.74 Å². The number of likely N-dealkylation sites (tertiary alicyclic amines) is 1. The molecule has 3 heteroatoms. The molecule has 2 heterocycles. The zero-order valence-electron chi connectivity index (χ0n) is 10.4. The third kappa shape index (κ3) is 2.37. The lowest BCUT2D eigenvalue weighted by Crippen LogP contribution is -2.50. The Kier molecular flexibility index (Phi) is 3.14. The molecule has 0 amide bonds. The third-order valence-electron chi connectivity index (χ3n) is 3.83. The molecule has 2 saturated heterocycles. The first-order valence-corrected chi connectivity index (χ1v) is 6.41. The zero-order chi connectivity index (χ0) is 11.7. The van der Waals surface area contributed by atoms with Crippen molar-refractivity contribution in [2.24, 2.45) is 0 Å². The molecule has 17 heavy (non-hydrogen) atoms. The molecule has 0 saturated carbocycles. The van der Waals surface area contributed by atoms with Crippen LogP contribution in [0, 0.1) is 0 Å². The second-order valence-corrected chi connectivity index (χ2v) is 5.15. The molecule has 0 unspecified atom stereocenters. The smallest absolute Gasteiger partial charge is 0.0869 e. The van der Waals surface area contributed by atoms with Gasteiger partial charge in [0.15, 0.2) is 0 Å². The Morgan fingerprint density at radius 3 is 2.88 bits per heavy atom. The minimum Gasteiger partial charge on any atom is -0.374 e. The molecule has 1 aromatic rings. The summed E-state index contributed by atoms with van der Waals surface area (Å²) in [4.78, 5) is 4.95. The molecule has 3 rings (SSSR count). The SMILES string of the molecule is CN1C[C@H]2OCCN(Cc3ccccc3)[C@H]2C1. The molecule has 2 fully saturated rings. The van der Waals surface area contributed by atoms with Gasteiger partial charge in [0.1, 0.15) is 0 Å². The van der Waals surface area contributed by atoms with Crippen molar-refractivity contribution in [1.82, 2.24) is 9.80 Å². The average molecular weight is 232 g/mol. The maximum absolute atomic E-state index is 5.86. The van der Waals surface area contributed by atoms with Crippen LogP contribution in [-0.4, -0.2) is 55.2 Å². The molecule has 1 aromatic carbocycles. The summed E-state index contributed by atoms with van der Waals surface area (Å²) in [5.74, 6) is 0. The van der Waals surface area contributed by atoms with Crippen LogP contribution in [0.1, 0.15) is 5.56 Å². The van der Waals surface area contributed by atoms with Gasteiger partial charge >= 0.3 is 0 Å². The summed E-state index contributed by atoms with van der Waals surface area (Å²) in [7, 11) is 2.18. The fourth-order valence-corrected chi connectivity index (χ4v) is 2.96. The molecule has 2 atom stereocenters. The van der Waals surface area contributed by atoms with Crippen LogP contribution in [0.4, 0.5) is 0 Å². The summed E-state index contributed by atoms with van der Waals surface area (Å²) in [5, 5.41) is 0. The van der Waals surface area contributed by atoms with Crippen LogP contribution in [0.3, 0.4) is 0 Å². The molecular weight excluding hydrogens is 212 g/mol. The first-order chi connectivity index (χ1) is 8.33. The maximum atomic E-state index is 5.86. The van der Waals surface area contributed by atoms with Gasteiger partial charge in [-0.15, -0.1) is 0 Å². The van der Waals surface area contributed by atoms with Gasteiger partial charge < -0.3 is 9.64 Å². The number of benzene rings is 1. The molecule has 3 nitrogen and oxygen atoms in total. The quantitative estimate of drug-likeness (QED) is 0.762. The Morgan fingerprint density at radius 1 is 1.24 bits per heavy atom. The summed E-state index contributed by atoms with van der Waals surface area (Å²) in [6.45, 7) is 5.21. The summed E-state index contributed by atoms with van der Waals surface area (Å²) in [5.41, 5.74) is 1.41. The standard InChI is InChI=1S/C14H20N2O/c1-15-10-13-14(11-15)17-8-7-16(13)9-12-5-3-2-4-6-12/h2-6,13-14H,7-11H2,1H3/t13-,14+/m0/s1. The number of hydrogen-bond donors (Lipinski definition) is 0. The monoisotopic (exact) mass is 232 g/mol. The minimum atomic E-state index is 0.414. The minimum absolute atomic E-state index is 0.414. The zero-order valence-corrected chi connectivity index (χ0v) is 10.4. The molecular formula is C14H20N2O. The van der Waals surface area contributed by atoms with E-state index in [-0.39, 0.29) is 0 Å². The van der Waals surface area contributed by atoms with Gasteiger partial charge in [-0.1, -0.05) is 30.3 Å². The molecule has 0 N–H and O–H groups in total. The van der Waals surface area contributed by atoms with E-state index < -0.39 is 0 Å². The Morgan fingerprint density at radius 2 is 2.06 bits per heavy atom. The number of hydrogen-bond acceptors (Lipinski definition) is 3. The maximum Gasteiger partial charge on any atom is 0.0869 e. The molecule has 0 aliphatic carbocycles. The Bertz CT molecular complexity index is 368. The molecule has 2 aliphatic heterocycles. The number of fused-ring (bicyclic) bond motifs is 1. The number of nitrogens with zero attached hydrogens (tertiary/aromatic N) is 2. The van der Waals surface area contributed by atoms with E-state index >= 15 is 0 Å². The van der Waals surface area contributed by atoms with Crippen LogP contribution in [0.15, 0.2) is 30.3 Å². The number of rotatable bonds is 2. The van der Waals surface area contributed by atoms with Gasteiger partial charge in [0.05, 0.1) is 18.8 Å². The van der Waals surface area contributed by atoms with E-state index in [2.05, 4.69) is 47.2 Å². The normalized spacial score (nSPS) is 30.4. The lowest BCUT2D eigenvalue weighted by atomic mass is 10.1. The van der Waals surface area contributed by atoms with Crippen LogP contribution >= 0.6 is 0 Å². The van der Waals surface area contributed by atoms with Crippen molar-refractivity contribution < 1.29 is 4.74 Å². The predicted octanol–water partition coefficient (Wildman–Crippen LogP) is 1.20. The van der Waals surface area contributed by atoms with E-state index in [9.17, 15) is 0 Å². The topological polar surface area (TPSA) is 15.7 Å². The van der Waals surface area contributed by atoms with Gasteiger partial charge in [-0.25, -0.2) is 0 Å². The molecule has 0 spiro atoms. The number of morpholine rings is 1. The highest BCUT2D eigenvalue weighted by atomic mass is 16.5. The van der Waals surface area contributed by atoms with Gasteiger partial charge in [0, 0.05) is 26.2 Å². The highest BCUT2D eigenvalue weighted by molar-refractivity contribution is 5.15. The lowest BCUT2D eigenvalue weighted by Gasteiger charge is -2.36. The van der Waals surface area contributed by atoms with E-state index in [0.717, 1.165) is 32.8 Å². The summed E-state index contributed by atoms with van der Waals surface area (Å²) < 4.78 is 5.86. The van der Waals surface area contributed by atoms with E-state index in [0.29, 0.717) is 12.1 Å². The van der Waals surface area contributed by atoms with Crippen molar-refractivity contribution in [1.29, 1.82) is 0 Å². The van der Waals surface area contributed by atoms with Crippen molar-refractivity contribution in [3.63, 3.8) is 0 Å². The van der Waals surface area contributed by atoms with E-state index in [1.165, 1.54) is 5.56 Å². The van der Waals surface area contributed by atoms with Gasteiger partial charge in [-0.2, -0.15) is 0 Å². The molecule has 92 valence electrons. The molecule has 0 radical (unpaired) electrons. The molecule has 0 bridgehead atoms. The van der Waals surface area contributed by atoms with Crippen LogP contribution < -0.4 is 0 Å². The first-order valence-electron chi connectivity index (χ1n) is 6.41. The Labute approximate surface area is 103 Å². The van der Waals surface area contributed by atoms with Gasteiger partial charge in [-0.05, 0) is 12.6 Å². The van der Waals surface area contributed by atoms with Crippen molar-refractivity contribution in [3.8, 4) is 0 Å². The van der Waals surface area contributed by atoms with Crippen molar-refractivity contribution in [2.45, 2.75) is 18.7 Å². The second-order valence-electron chi connectivity index (χ2n) is 5.15. The Hall–Kier alpha value is -0.900. The van der Waals surface area contributed by atoms with Crippen LogP contribution in [-0.2, 0) is 11.3 Å². The second kappa shape index (κ2) is 4.77. The largest absolute Gasteiger partial charge is 0.374 e. The van der Waals surface area contributed by atoms with Gasteiger partial charge in [0.25, 0.3) is 0 Å². The molecule has 0 aromatic heterocycles. The van der Waals surface area contributed by atoms with Crippen LogP contribution in [0.25, 0.3) is 0 Å². The van der Waals surface area contributed by atoms with Crippen LogP contribution in [0.2, 0.25) is 0 Å². The highest BCUT2D eigenvalue weighted by Crippen LogP contribution is 2.23. The first kappa shape index (κ1) is 11.2. The third-order valence-corrected chi connectivity index (χ3v) is 3.83. The van der Waals surface area contributed by atoms with E-state index in [1.54, 1.807) is 0 Å². The summed E-state index contributed by atoms with van der Waals surface area (Å²) >= 11 is 0. The Balaban J connectivity index is 1.70. The summed E-state index contributed by atoms with van der Waals surface area (Å²) in [6, 6.07) is 11.3. The number of ether oxygens (including phenoxy) is 1. The van der Waals surface area contributed by atoms with E-state index in [1.807, 2.05) is 0 Å². The highest BCUT2D eigenvalue weighted by Gasteiger charge is 2.38. The average Bonchev–Trinajstić information content (AvgIpc) is 2.72. The molecule has 2 aliphatic rings. The van der Waals surface area contributed by atoms with Crippen molar-refractivity contribution in [3.05, 3.63) is 35.9 Å². The summed E-state index contributed by atoms with van der Waals surface area (Å²) in [6.07, 6.45) is 0.414. The fourth-order valence-electron chi connectivity index (χ4n) is 2.96. The van der Waals surface area contributed by atoms with Gasteiger partial charge in [0.2, 0.25) is 0 Å². The van der Waals surface area contributed by atoms with Crippen molar-refractivity contribution >= 4 is 0 Å². The van der Waals surface area contributed by atoms with Gasteiger partial charge in [-0.3, -0.25) is 4.90 Å². The predicted molar refractivity (Wildman–Crippen MR) is 67.9 cm³/mol. The van der Waals surface area contributed by atoms with Crippen molar-refractivity contribution in [2.75, 3.05) is 33.3 Å². The van der Waals surface area contributed by atoms with Crippen LogP contribution in [0.5, 0.6) is 0 Å².